The average Bonchev–Trinajstić information content (AvgIpc) is 2.32. The fourth-order valence-corrected chi connectivity index (χ4v) is 2.28. The first-order valence-corrected chi connectivity index (χ1v) is 6.21. The lowest BCUT2D eigenvalue weighted by Gasteiger charge is -2.21. The molecule has 1 aromatic rings. The maximum atomic E-state index is 12.3. The highest BCUT2D eigenvalue weighted by Crippen LogP contribution is 2.28. The Morgan fingerprint density at radius 1 is 1.11 bits per heavy atom. The molecule has 0 aromatic heterocycles. The minimum Gasteiger partial charge on any atom is -0.383 e. The fourth-order valence-electron chi connectivity index (χ4n) is 2.28. The van der Waals surface area contributed by atoms with Crippen LogP contribution in [0.3, 0.4) is 0 Å². The molecular weight excluding hydrogens is 224 g/mol. The first-order chi connectivity index (χ1) is 8.49. The highest BCUT2D eigenvalue weighted by atomic mass is 16.1. The van der Waals surface area contributed by atoms with Crippen LogP contribution in [0.2, 0.25) is 0 Å². The van der Waals surface area contributed by atoms with E-state index in [1.165, 1.54) is 5.56 Å². The van der Waals surface area contributed by atoms with Crippen molar-refractivity contribution in [1.29, 1.82) is 0 Å². The van der Waals surface area contributed by atoms with Crippen LogP contribution in [-0.2, 0) is 6.42 Å². The number of carbonyl (C=O) groups is 1. The van der Waals surface area contributed by atoms with Crippen molar-refractivity contribution >= 4 is 11.5 Å². The number of fused-ring (bicyclic) bond motifs is 1. The molecule has 1 aliphatic rings. The summed E-state index contributed by atoms with van der Waals surface area (Å²) < 4.78 is 0. The van der Waals surface area contributed by atoms with Gasteiger partial charge in [0.15, 0.2) is 5.78 Å². The Labute approximate surface area is 109 Å². The van der Waals surface area contributed by atoms with Gasteiger partial charge in [-0.15, -0.1) is 0 Å². The molecular formula is C15H20N2O. The third-order valence-corrected chi connectivity index (χ3v) is 3.22. The number of rotatable bonds is 2. The van der Waals surface area contributed by atoms with Crippen LogP contribution in [0.25, 0.3) is 0 Å². The van der Waals surface area contributed by atoms with E-state index in [9.17, 15) is 4.79 Å². The molecule has 0 atom stereocenters. The Balaban J connectivity index is 2.37. The van der Waals surface area contributed by atoms with Crippen LogP contribution < -0.4 is 4.90 Å². The van der Waals surface area contributed by atoms with Gasteiger partial charge in [0.25, 0.3) is 0 Å². The minimum atomic E-state index is 0.176. The molecule has 0 fully saturated rings. The minimum absolute atomic E-state index is 0.176. The zero-order valence-corrected chi connectivity index (χ0v) is 11.5. The smallest absolute Gasteiger partial charge is 0.190 e. The van der Waals surface area contributed by atoms with Crippen LogP contribution in [0, 0.1) is 0 Å². The van der Waals surface area contributed by atoms with Crippen molar-refractivity contribution < 1.29 is 4.79 Å². The third kappa shape index (κ3) is 2.40. The van der Waals surface area contributed by atoms with E-state index in [1.54, 1.807) is 0 Å². The third-order valence-electron chi connectivity index (χ3n) is 3.22. The Morgan fingerprint density at radius 2 is 1.83 bits per heavy atom. The van der Waals surface area contributed by atoms with E-state index in [1.807, 2.05) is 51.4 Å². The highest BCUT2D eigenvalue weighted by Gasteiger charge is 2.22. The van der Waals surface area contributed by atoms with Crippen molar-refractivity contribution in [3.63, 3.8) is 0 Å². The van der Waals surface area contributed by atoms with E-state index in [0.717, 1.165) is 29.7 Å². The van der Waals surface area contributed by atoms with Gasteiger partial charge in [0.1, 0.15) is 0 Å². The lowest BCUT2D eigenvalue weighted by molar-refractivity contribution is 0.102. The summed E-state index contributed by atoms with van der Waals surface area (Å²) >= 11 is 0. The van der Waals surface area contributed by atoms with Gasteiger partial charge in [-0.2, -0.15) is 0 Å². The topological polar surface area (TPSA) is 23.6 Å². The standard InChI is InChI=1S/C15H20N2O/c1-16(2)10-12-6-5-11-9-13(17(3)4)7-8-14(11)15(12)18/h7-10H,5-6H2,1-4H3. The molecule has 0 bridgehead atoms. The Bertz CT molecular complexity index is 501. The monoisotopic (exact) mass is 244 g/mol. The molecule has 18 heavy (non-hydrogen) atoms. The van der Waals surface area contributed by atoms with E-state index >= 15 is 0 Å². The van der Waals surface area contributed by atoms with Gasteiger partial charge < -0.3 is 9.80 Å². The van der Waals surface area contributed by atoms with Crippen LogP contribution in [0.15, 0.2) is 30.0 Å². The molecule has 3 heteroatoms. The Morgan fingerprint density at radius 3 is 2.44 bits per heavy atom. The van der Waals surface area contributed by atoms with E-state index < -0.39 is 0 Å². The summed E-state index contributed by atoms with van der Waals surface area (Å²) in [5.74, 6) is 0.176. The summed E-state index contributed by atoms with van der Waals surface area (Å²) in [7, 11) is 7.93. The lowest BCUT2D eigenvalue weighted by Crippen LogP contribution is -2.18. The van der Waals surface area contributed by atoms with Gasteiger partial charge in [0, 0.05) is 51.2 Å². The number of aryl methyl sites for hydroxylation is 1. The van der Waals surface area contributed by atoms with Gasteiger partial charge in [-0.3, -0.25) is 4.79 Å². The molecule has 0 N–H and O–H groups in total. The second kappa shape index (κ2) is 4.84. The number of Topliss-reactive ketones (excluding diaryl/α,β-unsaturated/α-hetero) is 1. The molecule has 1 aromatic carbocycles. The Kier molecular flexibility index (Phi) is 3.41. The molecule has 0 heterocycles. The number of nitrogens with zero attached hydrogens (tertiary/aromatic N) is 2. The molecule has 3 nitrogen and oxygen atoms in total. The predicted molar refractivity (Wildman–Crippen MR) is 75.2 cm³/mol. The van der Waals surface area contributed by atoms with Gasteiger partial charge in [-0.25, -0.2) is 0 Å². The van der Waals surface area contributed by atoms with Gasteiger partial charge >= 0.3 is 0 Å². The number of hydrogen-bond acceptors (Lipinski definition) is 3. The SMILES string of the molecule is CN(C)C=C1CCc2cc(N(C)C)ccc2C1=O. The zero-order chi connectivity index (χ0) is 13.3. The van der Waals surface area contributed by atoms with Gasteiger partial charge in [0.05, 0.1) is 0 Å². The van der Waals surface area contributed by atoms with Crippen LogP contribution in [0.1, 0.15) is 22.3 Å². The predicted octanol–water partition coefficient (Wildman–Crippen LogP) is 2.33. The fraction of sp³-hybridized carbons (Fsp3) is 0.400. The molecule has 0 radical (unpaired) electrons. The normalized spacial score (nSPS) is 16.7. The second-order valence-electron chi connectivity index (χ2n) is 5.18. The summed E-state index contributed by atoms with van der Waals surface area (Å²) in [6, 6.07) is 6.09. The summed E-state index contributed by atoms with van der Waals surface area (Å²) in [6.07, 6.45) is 3.72. The van der Waals surface area contributed by atoms with Crippen molar-refractivity contribution in [3.8, 4) is 0 Å². The maximum Gasteiger partial charge on any atom is 0.190 e. The van der Waals surface area contributed by atoms with Gasteiger partial charge in [0.2, 0.25) is 0 Å². The van der Waals surface area contributed by atoms with Crippen molar-refractivity contribution in [2.75, 3.05) is 33.1 Å². The number of ketones is 1. The summed E-state index contributed by atoms with van der Waals surface area (Å²) in [6.45, 7) is 0. The van der Waals surface area contributed by atoms with Crippen LogP contribution in [-0.4, -0.2) is 38.9 Å². The van der Waals surface area contributed by atoms with E-state index in [4.69, 9.17) is 0 Å². The lowest BCUT2D eigenvalue weighted by atomic mass is 9.87. The van der Waals surface area contributed by atoms with Crippen LogP contribution >= 0.6 is 0 Å². The number of benzene rings is 1. The maximum absolute atomic E-state index is 12.3. The zero-order valence-electron chi connectivity index (χ0n) is 11.5. The van der Waals surface area contributed by atoms with Crippen molar-refractivity contribution in [2.24, 2.45) is 0 Å². The van der Waals surface area contributed by atoms with E-state index in [-0.39, 0.29) is 5.78 Å². The molecule has 0 aliphatic heterocycles. The number of anilines is 1. The summed E-state index contributed by atoms with van der Waals surface area (Å²) in [5, 5.41) is 0. The molecule has 0 saturated carbocycles. The van der Waals surface area contributed by atoms with Gasteiger partial charge in [-0.1, -0.05) is 0 Å². The highest BCUT2D eigenvalue weighted by molar-refractivity contribution is 6.10. The average molecular weight is 244 g/mol. The first kappa shape index (κ1) is 12.7. The van der Waals surface area contributed by atoms with Crippen molar-refractivity contribution in [2.45, 2.75) is 12.8 Å². The number of hydrogen-bond donors (Lipinski definition) is 0. The number of allylic oxidation sites excluding steroid dienone is 1. The molecule has 96 valence electrons. The molecule has 1 aliphatic carbocycles. The van der Waals surface area contributed by atoms with E-state index in [2.05, 4.69) is 11.0 Å². The first-order valence-electron chi connectivity index (χ1n) is 6.21. The molecule has 0 amide bonds. The van der Waals surface area contributed by atoms with E-state index in [0.29, 0.717) is 0 Å². The van der Waals surface area contributed by atoms with Crippen molar-refractivity contribution in [3.05, 3.63) is 41.1 Å². The largest absolute Gasteiger partial charge is 0.383 e. The molecule has 0 unspecified atom stereocenters. The molecule has 0 saturated heterocycles. The molecule has 2 rings (SSSR count). The van der Waals surface area contributed by atoms with Gasteiger partial charge in [-0.05, 0) is 36.6 Å². The molecule has 0 spiro atoms. The number of carbonyl (C=O) groups excluding carboxylic acids is 1. The van der Waals surface area contributed by atoms with Crippen molar-refractivity contribution in [1.82, 2.24) is 4.90 Å². The second-order valence-corrected chi connectivity index (χ2v) is 5.18. The quantitative estimate of drug-likeness (QED) is 0.746. The summed E-state index contributed by atoms with van der Waals surface area (Å²) in [5.41, 5.74) is 4.09. The summed E-state index contributed by atoms with van der Waals surface area (Å²) in [4.78, 5) is 16.3. The van der Waals surface area contributed by atoms with Crippen LogP contribution in [0.4, 0.5) is 5.69 Å². The van der Waals surface area contributed by atoms with Crippen LogP contribution in [0.5, 0.6) is 0 Å². The Hall–Kier alpha value is -1.77.